The van der Waals surface area contributed by atoms with Crippen molar-refractivity contribution in [3.63, 3.8) is 0 Å². The van der Waals surface area contributed by atoms with E-state index >= 15 is 0 Å². The summed E-state index contributed by atoms with van der Waals surface area (Å²) in [7, 11) is -3.91. The van der Waals surface area contributed by atoms with Crippen molar-refractivity contribution in [2.45, 2.75) is 11.8 Å². The topological polar surface area (TPSA) is 131 Å². The molecule has 0 aliphatic heterocycles. The van der Waals surface area contributed by atoms with E-state index < -0.39 is 14.9 Å². The molecule has 0 saturated carbocycles. The minimum atomic E-state index is -3.91. The Morgan fingerprint density at radius 1 is 1.17 bits per heavy atom. The van der Waals surface area contributed by atoms with Crippen LogP contribution in [0.4, 0.5) is 11.5 Å². The number of hydrogen-bond acceptors (Lipinski definition) is 6. The van der Waals surface area contributed by atoms with Crippen LogP contribution in [0.15, 0.2) is 41.3 Å². The van der Waals surface area contributed by atoms with E-state index in [1.807, 2.05) is 0 Å². The number of nitro benzene ring substituents is 1. The second-order valence-electron chi connectivity index (χ2n) is 4.78. The van der Waals surface area contributed by atoms with Gasteiger partial charge in [-0.1, -0.05) is 0 Å². The van der Waals surface area contributed by atoms with E-state index in [2.05, 4.69) is 19.9 Å². The lowest BCUT2D eigenvalue weighted by atomic mass is 10.3. The highest BCUT2D eigenvalue weighted by molar-refractivity contribution is 7.92. The van der Waals surface area contributed by atoms with E-state index in [9.17, 15) is 18.5 Å². The summed E-state index contributed by atoms with van der Waals surface area (Å²) in [6, 6.07) is 8.02. The van der Waals surface area contributed by atoms with E-state index in [4.69, 9.17) is 0 Å². The first-order valence-corrected chi connectivity index (χ1v) is 7.94. The molecule has 0 aliphatic carbocycles. The SMILES string of the molecule is Cc1ccc2c(NS(=O)(=O)c3ccc([N+](=O)[O-])cc3)n[nH]c2n1. The van der Waals surface area contributed by atoms with E-state index in [0.29, 0.717) is 11.0 Å². The number of nitrogens with zero attached hydrogens (tertiary/aromatic N) is 3. The van der Waals surface area contributed by atoms with Crippen LogP contribution < -0.4 is 4.72 Å². The molecule has 3 rings (SSSR count). The fraction of sp³-hybridized carbons (Fsp3) is 0.0769. The summed E-state index contributed by atoms with van der Waals surface area (Å²) in [5, 5.41) is 17.7. The van der Waals surface area contributed by atoms with Crippen LogP contribution in [0.2, 0.25) is 0 Å². The third kappa shape index (κ3) is 2.83. The molecule has 3 aromatic rings. The number of nitrogens with one attached hydrogen (secondary N) is 2. The van der Waals surface area contributed by atoms with Gasteiger partial charge in [0, 0.05) is 17.8 Å². The molecule has 0 fully saturated rings. The van der Waals surface area contributed by atoms with Crippen LogP contribution in [0.25, 0.3) is 11.0 Å². The number of benzene rings is 1. The summed E-state index contributed by atoms with van der Waals surface area (Å²) >= 11 is 0. The standard InChI is InChI=1S/C13H11N5O4S/c1-8-2-7-11-12(14-8)15-16-13(11)17-23(21,22)10-5-3-9(4-6-10)18(19)20/h2-7H,1H3,(H2,14,15,16,17). The Morgan fingerprint density at radius 3 is 2.52 bits per heavy atom. The molecule has 118 valence electrons. The number of nitro groups is 1. The Balaban J connectivity index is 1.95. The first-order chi connectivity index (χ1) is 10.9. The van der Waals surface area contributed by atoms with Crippen LogP contribution in [0.3, 0.4) is 0 Å². The van der Waals surface area contributed by atoms with Gasteiger partial charge < -0.3 is 0 Å². The largest absolute Gasteiger partial charge is 0.269 e. The molecule has 2 aromatic heterocycles. The number of anilines is 1. The zero-order valence-electron chi connectivity index (χ0n) is 11.8. The lowest BCUT2D eigenvalue weighted by molar-refractivity contribution is -0.384. The number of H-pyrrole nitrogens is 1. The Bertz CT molecular complexity index is 995. The molecule has 0 saturated heterocycles. The first kappa shape index (κ1) is 14.9. The van der Waals surface area contributed by atoms with Crippen molar-refractivity contribution in [3.05, 3.63) is 52.2 Å². The smallest absolute Gasteiger partial charge is 0.261 e. The Labute approximate surface area is 130 Å². The molecule has 0 unspecified atom stereocenters. The number of non-ortho nitro benzene ring substituents is 1. The van der Waals surface area contributed by atoms with Crippen molar-refractivity contribution in [3.8, 4) is 0 Å². The van der Waals surface area contributed by atoms with Crippen LogP contribution in [-0.4, -0.2) is 28.5 Å². The Morgan fingerprint density at radius 2 is 1.87 bits per heavy atom. The third-order valence-corrected chi connectivity index (χ3v) is 4.51. The molecule has 23 heavy (non-hydrogen) atoms. The predicted octanol–water partition coefficient (Wildman–Crippen LogP) is 1.98. The monoisotopic (exact) mass is 333 g/mol. The summed E-state index contributed by atoms with van der Waals surface area (Å²) in [4.78, 5) is 14.1. The summed E-state index contributed by atoms with van der Waals surface area (Å²) < 4.78 is 27.0. The second kappa shape index (κ2) is 5.32. The van der Waals surface area contributed by atoms with Crippen molar-refractivity contribution in [1.29, 1.82) is 0 Å². The molecule has 0 bridgehead atoms. The molecule has 2 N–H and O–H groups in total. The van der Waals surface area contributed by atoms with Gasteiger partial charge in [0.15, 0.2) is 11.5 Å². The van der Waals surface area contributed by atoms with Gasteiger partial charge in [0.2, 0.25) is 0 Å². The second-order valence-corrected chi connectivity index (χ2v) is 6.46. The minimum absolute atomic E-state index is 0.0979. The maximum absolute atomic E-state index is 12.3. The average molecular weight is 333 g/mol. The molecule has 0 atom stereocenters. The number of rotatable bonds is 4. The molecular weight excluding hydrogens is 322 g/mol. The summed E-state index contributed by atoms with van der Waals surface area (Å²) in [5.74, 6) is 0.117. The lowest BCUT2D eigenvalue weighted by Crippen LogP contribution is -2.13. The molecular formula is C13H11N5O4S. The number of sulfonamides is 1. The number of aromatic nitrogens is 3. The highest BCUT2D eigenvalue weighted by Crippen LogP contribution is 2.23. The fourth-order valence-electron chi connectivity index (χ4n) is 2.01. The van der Waals surface area contributed by atoms with Crippen LogP contribution in [0, 0.1) is 17.0 Å². The molecule has 0 spiro atoms. The molecule has 1 aromatic carbocycles. The number of pyridine rings is 1. The number of aryl methyl sites for hydroxylation is 1. The van der Waals surface area contributed by atoms with Gasteiger partial charge in [-0.05, 0) is 31.2 Å². The third-order valence-electron chi connectivity index (χ3n) is 3.15. The number of fused-ring (bicyclic) bond motifs is 1. The average Bonchev–Trinajstić information content (AvgIpc) is 2.89. The van der Waals surface area contributed by atoms with Crippen molar-refractivity contribution in [2.24, 2.45) is 0 Å². The van der Waals surface area contributed by atoms with Crippen molar-refractivity contribution in [2.75, 3.05) is 4.72 Å². The molecule has 0 radical (unpaired) electrons. The van der Waals surface area contributed by atoms with E-state index in [0.717, 1.165) is 30.0 Å². The van der Waals surface area contributed by atoms with Gasteiger partial charge in [-0.3, -0.25) is 19.9 Å². The van der Waals surface area contributed by atoms with E-state index in [1.165, 1.54) is 0 Å². The predicted molar refractivity (Wildman–Crippen MR) is 82.5 cm³/mol. The van der Waals surface area contributed by atoms with Crippen molar-refractivity contribution >= 4 is 32.6 Å². The molecule has 10 heteroatoms. The van der Waals surface area contributed by atoms with Crippen molar-refractivity contribution < 1.29 is 13.3 Å². The molecule has 2 heterocycles. The number of hydrogen-bond donors (Lipinski definition) is 2. The quantitative estimate of drug-likeness (QED) is 0.554. The van der Waals surface area contributed by atoms with Crippen LogP contribution in [-0.2, 0) is 10.0 Å². The minimum Gasteiger partial charge on any atom is -0.261 e. The molecule has 0 amide bonds. The maximum atomic E-state index is 12.3. The van der Waals surface area contributed by atoms with Gasteiger partial charge in [0.05, 0.1) is 15.2 Å². The zero-order chi connectivity index (χ0) is 16.6. The summed E-state index contributed by atoms with van der Waals surface area (Å²) in [6.45, 7) is 1.81. The summed E-state index contributed by atoms with van der Waals surface area (Å²) in [6.07, 6.45) is 0. The normalized spacial score (nSPS) is 11.5. The Kier molecular flexibility index (Phi) is 3.45. The molecule has 9 nitrogen and oxygen atoms in total. The van der Waals surface area contributed by atoms with Gasteiger partial charge in [0.25, 0.3) is 15.7 Å². The zero-order valence-corrected chi connectivity index (χ0v) is 12.7. The van der Waals surface area contributed by atoms with Gasteiger partial charge in [-0.15, -0.1) is 0 Å². The maximum Gasteiger partial charge on any atom is 0.269 e. The lowest BCUT2D eigenvalue weighted by Gasteiger charge is -2.05. The van der Waals surface area contributed by atoms with Gasteiger partial charge in [-0.2, -0.15) is 5.10 Å². The first-order valence-electron chi connectivity index (χ1n) is 6.46. The van der Waals surface area contributed by atoms with Crippen molar-refractivity contribution in [1.82, 2.24) is 15.2 Å². The number of aromatic amines is 1. The van der Waals surface area contributed by atoms with Gasteiger partial charge in [0.1, 0.15) is 0 Å². The van der Waals surface area contributed by atoms with E-state index in [-0.39, 0.29) is 16.4 Å². The highest BCUT2D eigenvalue weighted by atomic mass is 32.2. The van der Waals surface area contributed by atoms with Gasteiger partial charge in [-0.25, -0.2) is 13.4 Å². The fourth-order valence-corrected chi connectivity index (χ4v) is 3.04. The molecule has 0 aliphatic rings. The Hall–Kier alpha value is -3.01. The van der Waals surface area contributed by atoms with Gasteiger partial charge >= 0.3 is 0 Å². The van der Waals surface area contributed by atoms with Crippen LogP contribution in [0.5, 0.6) is 0 Å². The van der Waals surface area contributed by atoms with E-state index in [1.54, 1.807) is 19.1 Å². The van der Waals surface area contributed by atoms with Crippen LogP contribution in [0.1, 0.15) is 5.69 Å². The summed E-state index contributed by atoms with van der Waals surface area (Å²) in [5.41, 5.74) is 1.05. The highest BCUT2D eigenvalue weighted by Gasteiger charge is 2.19. The van der Waals surface area contributed by atoms with Crippen LogP contribution >= 0.6 is 0 Å².